The molecule has 1 aromatic carbocycles. The van der Waals surface area contributed by atoms with Crippen LogP contribution in [-0.2, 0) is 4.79 Å². The maximum absolute atomic E-state index is 12.8. The summed E-state index contributed by atoms with van der Waals surface area (Å²) in [4.78, 5) is 12.8. The molecule has 0 fully saturated rings. The van der Waals surface area contributed by atoms with Crippen LogP contribution in [0, 0.1) is 17.1 Å². The summed E-state index contributed by atoms with van der Waals surface area (Å²) >= 11 is 0. The number of rotatable bonds is 4. The Hall–Kier alpha value is -1.89. The number of hydrogen-bond donors (Lipinski definition) is 0. The van der Waals surface area contributed by atoms with E-state index in [-0.39, 0.29) is 24.6 Å². The van der Waals surface area contributed by atoms with Gasteiger partial charge in [-0.15, -0.1) is 0 Å². The molecule has 15 heavy (non-hydrogen) atoms. The highest BCUT2D eigenvalue weighted by atomic mass is 19.1. The highest BCUT2D eigenvalue weighted by molar-refractivity contribution is 5.85. The van der Waals surface area contributed by atoms with Crippen molar-refractivity contribution < 1.29 is 9.18 Å². The first-order valence-corrected chi connectivity index (χ1v) is 4.49. The predicted molar refractivity (Wildman–Crippen MR) is 54.9 cm³/mol. The molecule has 0 aliphatic carbocycles. The number of anilines is 1. The summed E-state index contributed by atoms with van der Waals surface area (Å²) in [6.07, 6.45) is -0.111. The lowest BCUT2D eigenvalue weighted by Crippen LogP contribution is -2.25. The van der Waals surface area contributed by atoms with Crippen molar-refractivity contribution in [3.8, 4) is 6.07 Å². The minimum absolute atomic E-state index is 0.111. The Morgan fingerprint density at radius 1 is 1.60 bits per heavy atom. The Morgan fingerprint density at radius 2 is 2.33 bits per heavy atom. The second-order valence-corrected chi connectivity index (χ2v) is 3.21. The highest BCUT2D eigenvalue weighted by Gasteiger charge is 2.07. The Labute approximate surface area is 87.7 Å². The van der Waals surface area contributed by atoms with Crippen LogP contribution in [0.3, 0.4) is 0 Å². The van der Waals surface area contributed by atoms with E-state index < -0.39 is 0 Å². The van der Waals surface area contributed by atoms with E-state index >= 15 is 0 Å². The minimum atomic E-state index is -0.341. The lowest BCUT2D eigenvalue weighted by molar-refractivity contribution is -0.116. The predicted octanol–water partition coefficient (Wildman–Crippen LogP) is 1.74. The van der Waals surface area contributed by atoms with Crippen LogP contribution < -0.4 is 4.90 Å². The SMILES string of the molecule is CN(CC(=O)CC#N)c1cccc(F)c1. The summed E-state index contributed by atoms with van der Waals surface area (Å²) < 4.78 is 12.8. The van der Waals surface area contributed by atoms with Crippen molar-refractivity contribution in [3.05, 3.63) is 30.1 Å². The second kappa shape index (κ2) is 5.11. The van der Waals surface area contributed by atoms with Gasteiger partial charge in [-0.1, -0.05) is 6.07 Å². The van der Waals surface area contributed by atoms with Crippen LogP contribution in [0.25, 0.3) is 0 Å². The van der Waals surface area contributed by atoms with Gasteiger partial charge in [0.05, 0.1) is 19.0 Å². The zero-order valence-corrected chi connectivity index (χ0v) is 8.40. The molecule has 0 aliphatic rings. The summed E-state index contributed by atoms with van der Waals surface area (Å²) in [7, 11) is 1.68. The monoisotopic (exact) mass is 206 g/mol. The third-order valence-corrected chi connectivity index (χ3v) is 1.94. The van der Waals surface area contributed by atoms with Crippen LogP contribution in [0.15, 0.2) is 24.3 Å². The van der Waals surface area contributed by atoms with Gasteiger partial charge in [0.15, 0.2) is 5.78 Å². The first kappa shape index (κ1) is 11.2. The van der Waals surface area contributed by atoms with E-state index in [1.54, 1.807) is 30.1 Å². The first-order chi connectivity index (χ1) is 7.13. The lowest BCUT2D eigenvalue weighted by Gasteiger charge is -2.17. The summed E-state index contributed by atoms with van der Waals surface area (Å²) in [6, 6.07) is 7.76. The quantitative estimate of drug-likeness (QED) is 0.753. The van der Waals surface area contributed by atoms with Gasteiger partial charge < -0.3 is 4.90 Å². The molecule has 0 unspecified atom stereocenters. The van der Waals surface area contributed by atoms with Gasteiger partial charge in [0.1, 0.15) is 5.82 Å². The van der Waals surface area contributed by atoms with Gasteiger partial charge in [-0.05, 0) is 18.2 Å². The van der Waals surface area contributed by atoms with Crippen molar-refractivity contribution in [2.75, 3.05) is 18.5 Å². The van der Waals surface area contributed by atoms with Gasteiger partial charge in [-0.25, -0.2) is 4.39 Å². The number of nitriles is 1. The highest BCUT2D eigenvalue weighted by Crippen LogP contribution is 2.13. The molecule has 3 nitrogen and oxygen atoms in total. The molecule has 0 saturated heterocycles. The molecule has 0 spiro atoms. The van der Waals surface area contributed by atoms with Crippen LogP contribution in [0.2, 0.25) is 0 Å². The third kappa shape index (κ3) is 3.39. The normalized spacial score (nSPS) is 9.40. The molecule has 1 rings (SSSR count). The zero-order chi connectivity index (χ0) is 11.3. The summed E-state index contributed by atoms with van der Waals surface area (Å²) in [5, 5.41) is 8.31. The molecule has 0 heterocycles. The van der Waals surface area contributed by atoms with Gasteiger partial charge in [0, 0.05) is 12.7 Å². The molecule has 0 atom stereocenters. The van der Waals surface area contributed by atoms with Crippen LogP contribution >= 0.6 is 0 Å². The third-order valence-electron chi connectivity index (χ3n) is 1.94. The molecular weight excluding hydrogens is 195 g/mol. The Morgan fingerprint density at radius 3 is 2.93 bits per heavy atom. The number of carbonyl (C=O) groups is 1. The Bertz CT molecular complexity index is 398. The fourth-order valence-corrected chi connectivity index (χ4v) is 1.21. The molecule has 0 saturated carbocycles. The minimum Gasteiger partial charge on any atom is -0.367 e. The van der Waals surface area contributed by atoms with E-state index in [1.807, 2.05) is 0 Å². The van der Waals surface area contributed by atoms with E-state index in [0.29, 0.717) is 5.69 Å². The number of Topliss-reactive ketones (excluding diaryl/α,β-unsaturated/α-hetero) is 1. The largest absolute Gasteiger partial charge is 0.367 e. The average Bonchev–Trinajstić information content (AvgIpc) is 2.18. The number of carbonyl (C=O) groups excluding carboxylic acids is 1. The fraction of sp³-hybridized carbons (Fsp3) is 0.273. The Balaban J connectivity index is 2.65. The van der Waals surface area contributed by atoms with Crippen molar-refractivity contribution in [3.63, 3.8) is 0 Å². The molecule has 4 heteroatoms. The van der Waals surface area contributed by atoms with E-state index in [4.69, 9.17) is 5.26 Å². The van der Waals surface area contributed by atoms with Crippen molar-refractivity contribution in [2.24, 2.45) is 0 Å². The maximum atomic E-state index is 12.8. The van der Waals surface area contributed by atoms with E-state index in [9.17, 15) is 9.18 Å². The molecule has 1 aromatic rings. The van der Waals surface area contributed by atoms with Gasteiger partial charge in [0.25, 0.3) is 0 Å². The standard InChI is InChI=1S/C11H11FN2O/c1-14(8-11(15)5-6-13)10-4-2-3-9(12)7-10/h2-4,7H,5,8H2,1H3. The molecule has 78 valence electrons. The number of likely N-dealkylation sites (N-methyl/N-ethyl adjacent to an activating group) is 1. The maximum Gasteiger partial charge on any atom is 0.166 e. The molecule has 0 bridgehead atoms. The van der Waals surface area contributed by atoms with E-state index in [1.165, 1.54) is 12.1 Å². The molecule has 0 amide bonds. The van der Waals surface area contributed by atoms with Crippen molar-refractivity contribution >= 4 is 11.5 Å². The summed E-state index contributed by atoms with van der Waals surface area (Å²) in [5.74, 6) is -0.517. The van der Waals surface area contributed by atoms with Crippen molar-refractivity contribution in [1.29, 1.82) is 5.26 Å². The van der Waals surface area contributed by atoms with Gasteiger partial charge in [-0.3, -0.25) is 4.79 Å². The van der Waals surface area contributed by atoms with Crippen molar-refractivity contribution in [1.82, 2.24) is 0 Å². The second-order valence-electron chi connectivity index (χ2n) is 3.21. The van der Waals surface area contributed by atoms with Gasteiger partial charge in [-0.2, -0.15) is 5.26 Å². The molecule has 0 aromatic heterocycles. The summed E-state index contributed by atoms with van der Waals surface area (Å²) in [5.41, 5.74) is 0.626. The molecule has 0 radical (unpaired) electrons. The van der Waals surface area contributed by atoms with Crippen LogP contribution in [-0.4, -0.2) is 19.4 Å². The van der Waals surface area contributed by atoms with Gasteiger partial charge >= 0.3 is 0 Å². The average molecular weight is 206 g/mol. The number of hydrogen-bond acceptors (Lipinski definition) is 3. The zero-order valence-electron chi connectivity index (χ0n) is 8.40. The first-order valence-electron chi connectivity index (χ1n) is 4.49. The van der Waals surface area contributed by atoms with Crippen LogP contribution in [0.5, 0.6) is 0 Å². The van der Waals surface area contributed by atoms with E-state index in [2.05, 4.69) is 0 Å². The Kier molecular flexibility index (Phi) is 3.81. The van der Waals surface area contributed by atoms with Gasteiger partial charge in [0.2, 0.25) is 0 Å². The number of ketones is 1. The van der Waals surface area contributed by atoms with Crippen LogP contribution in [0.1, 0.15) is 6.42 Å². The van der Waals surface area contributed by atoms with E-state index in [0.717, 1.165) is 0 Å². The molecular formula is C11H11FN2O. The molecule has 0 aliphatic heterocycles. The smallest absolute Gasteiger partial charge is 0.166 e. The number of benzene rings is 1. The fourth-order valence-electron chi connectivity index (χ4n) is 1.21. The van der Waals surface area contributed by atoms with Crippen molar-refractivity contribution in [2.45, 2.75) is 6.42 Å². The molecule has 0 N–H and O–H groups in total. The lowest BCUT2D eigenvalue weighted by atomic mass is 10.2. The van der Waals surface area contributed by atoms with Crippen LogP contribution in [0.4, 0.5) is 10.1 Å². The summed E-state index contributed by atoms with van der Waals surface area (Å²) in [6.45, 7) is 0.122. The number of nitrogens with zero attached hydrogens (tertiary/aromatic N) is 2. The number of halogens is 1. The topological polar surface area (TPSA) is 44.1 Å².